The van der Waals surface area contributed by atoms with Gasteiger partial charge in [-0.1, -0.05) is 15.9 Å². The first-order valence-corrected chi connectivity index (χ1v) is 7.38. The average molecular weight is 354 g/mol. The average Bonchev–Trinajstić information content (AvgIpc) is 2.90. The molecule has 0 bridgehead atoms. The molecule has 20 heavy (non-hydrogen) atoms. The second-order valence-corrected chi connectivity index (χ2v) is 6.07. The van der Waals surface area contributed by atoms with Crippen molar-refractivity contribution in [1.82, 2.24) is 0 Å². The summed E-state index contributed by atoms with van der Waals surface area (Å²) in [5.74, 6) is -0.676. The van der Waals surface area contributed by atoms with Gasteiger partial charge in [-0.05, 0) is 42.8 Å². The number of esters is 1. The van der Waals surface area contributed by atoms with Gasteiger partial charge < -0.3 is 10.1 Å². The molecule has 6 heteroatoms. The fourth-order valence-corrected chi connectivity index (χ4v) is 2.92. The van der Waals surface area contributed by atoms with Crippen molar-refractivity contribution in [2.45, 2.75) is 6.92 Å². The number of hydrogen-bond donors (Lipinski definition) is 1. The van der Waals surface area contributed by atoms with Crippen molar-refractivity contribution in [2.75, 3.05) is 12.4 Å². The van der Waals surface area contributed by atoms with Gasteiger partial charge in [0.1, 0.15) is 4.88 Å². The number of methoxy groups -OCH3 is 1. The Labute approximate surface area is 128 Å². The zero-order valence-electron chi connectivity index (χ0n) is 10.9. The zero-order chi connectivity index (χ0) is 14.7. The van der Waals surface area contributed by atoms with Gasteiger partial charge in [-0.3, -0.25) is 4.79 Å². The number of nitrogens with one attached hydrogen (secondary N) is 1. The molecule has 1 aromatic heterocycles. The highest BCUT2D eigenvalue weighted by Gasteiger charge is 2.14. The highest BCUT2D eigenvalue weighted by molar-refractivity contribution is 9.10. The van der Waals surface area contributed by atoms with Gasteiger partial charge in [0.15, 0.2) is 0 Å². The van der Waals surface area contributed by atoms with Gasteiger partial charge in [-0.15, -0.1) is 11.3 Å². The molecule has 0 fully saturated rings. The summed E-state index contributed by atoms with van der Waals surface area (Å²) in [6.45, 7) is 1.91. The number of benzene rings is 1. The van der Waals surface area contributed by atoms with E-state index in [0.29, 0.717) is 9.75 Å². The van der Waals surface area contributed by atoms with Crippen LogP contribution in [0.5, 0.6) is 0 Å². The molecule has 1 heterocycles. The Kier molecular flexibility index (Phi) is 4.57. The minimum atomic E-state index is -0.436. The van der Waals surface area contributed by atoms with E-state index < -0.39 is 5.97 Å². The molecule has 0 saturated carbocycles. The van der Waals surface area contributed by atoms with Gasteiger partial charge in [-0.25, -0.2) is 4.79 Å². The topological polar surface area (TPSA) is 55.4 Å². The second-order valence-electron chi connectivity index (χ2n) is 4.07. The van der Waals surface area contributed by atoms with Crippen LogP contribution in [0.2, 0.25) is 0 Å². The second kappa shape index (κ2) is 6.19. The van der Waals surface area contributed by atoms with E-state index in [1.165, 1.54) is 7.11 Å². The van der Waals surface area contributed by atoms with Crippen molar-refractivity contribution in [2.24, 2.45) is 0 Å². The lowest BCUT2D eigenvalue weighted by molar-refractivity contribution is 0.0606. The summed E-state index contributed by atoms with van der Waals surface area (Å²) in [5, 5.41) is 2.82. The van der Waals surface area contributed by atoms with Crippen LogP contribution in [0.25, 0.3) is 0 Å². The van der Waals surface area contributed by atoms with Crippen LogP contribution < -0.4 is 5.32 Å². The van der Waals surface area contributed by atoms with Gasteiger partial charge in [0.05, 0.1) is 12.0 Å². The Hall–Kier alpha value is -1.66. The Bertz CT molecular complexity index is 666. The first-order chi connectivity index (χ1) is 9.51. The minimum absolute atomic E-state index is 0.240. The summed E-state index contributed by atoms with van der Waals surface area (Å²) in [5.41, 5.74) is 1.70. The molecule has 2 rings (SSSR count). The van der Waals surface area contributed by atoms with Crippen molar-refractivity contribution in [3.63, 3.8) is 0 Å². The summed E-state index contributed by atoms with van der Waals surface area (Å²) in [6.07, 6.45) is 0. The molecule has 0 atom stereocenters. The number of rotatable bonds is 3. The summed E-state index contributed by atoms with van der Waals surface area (Å²) in [7, 11) is 1.31. The molecule has 2 aromatic rings. The first-order valence-electron chi connectivity index (χ1n) is 5.77. The molecule has 0 aliphatic carbocycles. The molecule has 0 saturated heterocycles. The fourth-order valence-electron chi connectivity index (χ4n) is 1.62. The van der Waals surface area contributed by atoms with Gasteiger partial charge in [0.2, 0.25) is 0 Å². The Morgan fingerprint density at radius 3 is 2.55 bits per heavy atom. The predicted molar refractivity (Wildman–Crippen MR) is 82.5 cm³/mol. The van der Waals surface area contributed by atoms with E-state index >= 15 is 0 Å². The van der Waals surface area contributed by atoms with E-state index in [9.17, 15) is 9.59 Å². The van der Waals surface area contributed by atoms with Crippen LogP contribution in [0.1, 0.15) is 24.9 Å². The van der Waals surface area contributed by atoms with Crippen molar-refractivity contribution >= 4 is 44.8 Å². The Balaban J connectivity index is 2.16. The van der Waals surface area contributed by atoms with Gasteiger partial charge in [-0.2, -0.15) is 0 Å². The third kappa shape index (κ3) is 3.26. The number of anilines is 1. The van der Waals surface area contributed by atoms with E-state index in [1.807, 2.05) is 25.1 Å². The van der Waals surface area contributed by atoms with Crippen LogP contribution in [0.3, 0.4) is 0 Å². The van der Waals surface area contributed by atoms with Crippen LogP contribution >= 0.6 is 27.3 Å². The van der Waals surface area contributed by atoms with Gasteiger partial charge in [0.25, 0.3) is 5.91 Å². The van der Waals surface area contributed by atoms with E-state index in [-0.39, 0.29) is 5.91 Å². The molecule has 1 N–H and O–H groups in total. The lowest BCUT2D eigenvalue weighted by Gasteiger charge is -2.07. The quantitative estimate of drug-likeness (QED) is 0.852. The van der Waals surface area contributed by atoms with Crippen LogP contribution in [0, 0.1) is 6.92 Å². The van der Waals surface area contributed by atoms with E-state index in [2.05, 4.69) is 26.0 Å². The highest BCUT2D eigenvalue weighted by Crippen LogP contribution is 2.23. The van der Waals surface area contributed by atoms with Crippen LogP contribution in [-0.2, 0) is 4.74 Å². The van der Waals surface area contributed by atoms with E-state index in [0.717, 1.165) is 27.1 Å². The van der Waals surface area contributed by atoms with Gasteiger partial charge in [0, 0.05) is 10.2 Å². The lowest BCUT2D eigenvalue weighted by atomic mass is 10.2. The number of ether oxygens (including phenoxy) is 1. The zero-order valence-corrected chi connectivity index (χ0v) is 13.3. The minimum Gasteiger partial charge on any atom is -0.465 e. The number of carbonyl (C=O) groups is 2. The van der Waals surface area contributed by atoms with Crippen LogP contribution in [0.15, 0.2) is 34.8 Å². The highest BCUT2D eigenvalue weighted by atomic mass is 79.9. The summed E-state index contributed by atoms with van der Waals surface area (Å²) in [6, 6.07) is 8.80. The SMILES string of the molecule is COC(=O)c1ccc(C(=O)Nc2ccc(Br)cc2C)s1. The van der Waals surface area contributed by atoms with E-state index in [1.54, 1.807) is 12.1 Å². The number of aryl methyl sites for hydroxylation is 1. The Morgan fingerprint density at radius 1 is 1.20 bits per heavy atom. The number of carbonyl (C=O) groups excluding carboxylic acids is 2. The normalized spacial score (nSPS) is 10.2. The molecule has 1 amide bonds. The largest absolute Gasteiger partial charge is 0.465 e. The Morgan fingerprint density at radius 2 is 1.90 bits per heavy atom. The summed E-state index contributed by atoms with van der Waals surface area (Å²) in [4.78, 5) is 24.3. The monoisotopic (exact) mass is 353 g/mol. The van der Waals surface area contributed by atoms with E-state index in [4.69, 9.17) is 0 Å². The number of halogens is 1. The molecule has 0 radical (unpaired) electrons. The predicted octanol–water partition coefficient (Wildman–Crippen LogP) is 3.86. The third-order valence-electron chi connectivity index (χ3n) is 2.65. The number of thiophene rings is 1. The molecular formula is C14H12BrNO3S. The summed E-state index contributed by atoms with van der Waals surface area (Å²) >= 11 is 4.48. The lowest BCUT2D eigenvalue weighted by Crippen LogP contribution is -2.11. The van der Waals surface area contributed by atoms with Crippen molar-refractivity contribution in [1.29, 1.82) is 0 Å². The molecule has 1 aromatic carbocycles. The standard InChI is InChI=1S/C14H12BrNO3S/c1-8-7-9(15)3-4-10(8)16-13(17)11-5-6-12(20-11)14(18)19-2/h3-7H,1-2H3,(H,16,17). The van der Waals surface area contributed by atoms with Crippen LogP contribution in [0.4, 0.5) is 5.69 Å². The number of amides is 1. The maximum atomic E-state index is 12.1. The molecule has 0 aliphatic heterocycles. The molecule has 4 nitrogen and oxygen atoms in total. The summed E-state index contributed by atoms with van der Waals surface area (Å²) < 4.78 is 5.57. The molecule has 0 unspecified atom stereocenters. The maximum Gasteiger partial charge on any atom is 0.348 e. The molecule has 0 aliphatic rings. The third-order valence-corrected chi connectivity index (χ3v) is 4.21. The fraction of sp³-hybridized carbons (Fsp3) is 0.143. The van der Waals surface area contributed by atoms with Gasteiger partial charge >= 0.3 is 5.97 Å². The van der Waals surface area contributed by atoms with Crippen LogP contribution in [-0.4, -0.2) is 19.0 Å². The molecular weight excluding hydrogens is 342 g/mol. The smallest absolute Gasteiger partial charge is 0.348 e. The van der Waals surface area contributed by atoms with Crippen molar-refractivity contribution in [3.8, 4) is 0 Å². The number of hydrogen-bond acceptors (Lipinski definition) is 4. The van der Waals surface area contributed by atoms with Crippen molar-refractivity contribution < 1.29 is 14.3 Å². The maximum absolute atomic E-state index is 12.1. The molecule has 0 spiro atoms. The first kappa shape index (κ1) is 14.7. The molecule has 104 valence electrons. The van der Waals surface area contributed by atoms with Crippen molar-refractivity contribution in [3.05, 3.63) is 50.1 Å².